The maximum Gasteiger partial charge on any atom is 0.0590 e. The molecule has 0 heterocycles. The Hall–Kier alpha value is -0.220. The molecule has 90 valence electrons. The fraction of sp³-hybridized carbons (Fsp3) is 0.500. The van der Waals surface area contributed by atoms with Gasteiger partial charge in [-0.2, -0.15) is 0 Å². The van der Waals surface area contributed by atoms with Gasteiger partial charge in [0.05, 0.1) is 6.61 Å². The van der Waals surface area contributed by atoms with Gasteiger partial charge in [0.2, 0.25) is 0 Å². The Bertz CT molecular complexity index is 279. The van der Waals surface area contributed by atoms with Crippen LogP contribution in [0.15, 0.2) is 29.2 Å². The van der Waals surface area contributed by atoms with Crippen molar-refractivity contribution in [3.8, 4) is 0 Å². The molecule has 2 nitrogen and oxygen atoms in total. The topological polar surface area (TPSA) is 21.3 Å². The van der Waals surface area contributed by atoms with Gasteiger partial charge in [0.15, 0.2) is 0 Å². The van der Waals surface area contributed by atoms with E-state index in [0.717, 1.165) is 37.1 Å². The van der Waals surface area contributed by atoms with Crippen molar-refractivity contribution >= 4 is 23.4 Å². The summed E-state index contributed by atoms with van der Waals surface area (Å²) >= 11 is 7.64. The number of hydrogen-bond acceptors (Lipinski definition) is 3. The van der Waals surface area contributed by atoms with Crippen molar-refractivity contribution in [3.63, 3.8) is 0 Å². The van der Waals surface area contributed by atoms with E-state index < -0.39 is 0 Å². The third kappa shape index (κ3) is 6.38. The van der Waals surface area contributed by atoms with E-state index >= 15 is 0 Å². The zero-order valence-corrected chi connectivity index (χ0v) is 11.1. The predicted octanol–water partition coefficient (Wildman–Crippen LogP) is 3.06. The van der Waals surface area contributed by atoms with Crippen LogP contribution in [0, 0.1) is 0 Å². The molecule has 1 aromatic rings. The summed E-state index contributed by atoms with van der Waals surface area (Å²) in [6.45, 7) is 5.52. The third-order valence-corrected chi connectivity index (χ3v) is 3.25. The lowest BCUT2D eigenvalue weighted by atomic mass is 10.4. The second-order valence-electron chi connectivity index (χ2n) is 3.25. The van der Waals surface area contributed by atoms with E-state index in [9.17, 15) is 0 Å². The molecule has 0 aromatic heterocycles. The summed E-state index contributed by atoms with van der Waals surface area (Å²) in [7, 11) is 0. The smallest absolute Gasteiger partial charge is 0.0590 e. The summed E-state index contributed by atoms with van der Waals surface area (Å²) in [5.41, 5.74) is 0. The molecule has 1 aromatic carbocycles. The first-order valence-electron chi connectivity index (χ1n) is 5.49. The van der Waals surface area contributed by atoms with Crippen molar-refractivity contribution in [1.29, 1.82) is 0 Å². The van der Waals surface area contributed by atoms with Crippen molar-refractivity contribution in [3.05, 3.63) is 29.3 Å². The molecule has 0 radical (unpaired) electrons. The van der Waals surface area contributed by atoms with Gasteiger partial charge in [-0.3, -0.25) is 0 Å². The minimum absolute atomic E-state index is 0.791. The Morgan fingerprint density at radius 2 is 2.00 bits per heavy atom. The average Bonchev–Trinajstić information content (AvgIpc) is 2.30. The standard InChI is InChI=1S/C12H18ClNOS/c1-2-15-9-7-14-8-10-16-12-5-3-11(13)4-6-12/h3-6,14H,2,7-10H2,1H3. The number of ether oxygens (including phenoxy) is 1. The van der Waals surface area contributed by atoms with Crippen molar-refractivity contribution < 1.29 is 4.74 Å². The van der Waals surface area contributed by atoms with Gasteiger partial charge in [0.1, 0.15) is 0 Å². The lowest BCUT2D eigenvalue weighted by molar-refractivity contribution is 0.150. The quantitative estimate of drug-likeness (QED) is 0.573. The lowest BCUT2D eigenvalue weighted by Crippen LogP contribution is -2.22. The molecule has 0 aliphatic carbocycles. The molecule has 0 bridgehead atoms. The second-order valence-corrected chi connectivity index (χ2v) is 4.85. The first-order valence-corrected chi connectivity index (χ1v) is 6.86. The van der Waals surface area contributed by atoms with Gasteiger partial charge in [-0.1, -0.05) is 11.6 Å². The van der Waals surface area contributed by atoms with E-state index in [2.05, 4.69) is 5.32 Å². The Labute approximate surface area is 107 Å². The molecule has 0 amide bonds. The van der Waals surface area contributed by atoms with E-state index in [4.69, 9.17) is 16.3 Å². The summed E-state index contributed by atoms with van der Waals surface area (Å²) in [5, 5.41) is 4.12. The summed E-state index contributed by atoms with van der Waals surface area (Å²) in [6, 6.07) is 7.94. The maximum atomic E-state index is 5.81. The highest BCUT2D eigenvalue weighted by Crippen LogP contribution is 2.19. The average molecular weight is 260 g/mol. The van der Waals surface area contributed by atoms with E-state index in [0.29, 0.717) is 0 Å². The van der Waals surface area contributed by atoms with Crippen LogP contribution < -0.4 is 5.32 Å². The summed E-state index contributed by atoms with van der Waals surface area (Å²) in [5.74, 6) is 1.06. The largest absolute Gasteiger partial charge is 0.380 e. The number of nitrogens with one attached hydrogen (secondary N) is 1. The van der Waals surface area contributed by atoms with E-state index in [1.807, 2.05) is 43.0 Å². The molecule has 0 spiro atoms. The molecule has 0 fully saturated rings. The van der Waals surface area contributed by atoms with Crippen LogP contribution in [-0.4, -0.2) is 32.1 Å². The fourth-order valence-electron chi connectivity index (χ4n) is 1.19. The van der Waals surface area contributed by atoms with Crippen LogP contribution in [0.5, 0.6) is 0 Å². The number of benzene rings is 1. The van der Waals surface area contributed by atoms with E-state index in [1.165, 1.54) is 4.90 Å². The van der Waals surface area contributed by atoms with E-state index in [1.54, 1.807) is 0 Å². The molecule has 0 saturated carbocycles. The first kappa shape index (κ1) is 13.8. The minimum atomic E-state index is 0.791. The van der Waals surface area contributed by atoms with Gasteiger partial charge in [0.25, 0.3) is 0 Å². The van der Waals surface area contributed by atoms with Gasteiger partial charge in [0, 0.05) is 35.4 Å². The Balaban J connectivity index is 2.01. The van der Waals surface area contributed by atoms with Crippen molar-refractivity contribution in [2.75, 3.05) is 32.1 Å². The Morgan fingerprint density at radius 1 is 1.25 bits per heavy atom. The third-order valence-electron chi connectivity index (χ3n) is 1.99. The van der Waals surface area contributed by atoms with E-state index in [-0.39, 0.29) is 0 Å². The van der Waals surface area contributed by atoms with Crippen LogP contribution in [0.2, 0.25) is 5.02 Å². The molecule has 1 N–H and O–H groups in total. The highest BCUT2D eigenvalue weighted by atomic mass is 35.5. The SMILES string of the molecule is CCOCCNCCSc1ccc(Cl)cc1. The number of hydrogen-bond donors (Lipinski definition) is 1. The van der Waals surface area contributed by atoms with Gasteiger partial charge in [-0.25, -0.2) is 0 Å². The fourth-order valence-corrected chi connectivity index (χ4v) is 2.12. The highest BCUT2D eigenvalue weighted by Gasteiger charge is 1.94. The zero-order chi connectivity index (χ0) is 11.6. The van der Waals surface area contributed by atoms with Crippen molar-refractivity contribution in [2.24, 2.45) is 0 Å². The summed E-state index contributed by atoms with van der Waals surface area (Å²) < 4.78 is 5.23. The molecule has 16 heavy (non-hydrogen) atoms. The molecule has 0 saturated heterocycles. The molecule has 0 atom stereocenters. The van der Waals surface area contributed by atoms with Gasteiger partial charge >= 0.3 is 0 Å². The van der Waals surface area contributed by atoms with Crippen LogP contribution in [0.25, 0.3) is 0 Å². The number of thioether (sulfide) groups is 1. The molecular formula is C12H18ClNOS. The highest BCUT2D eigenvalue weighted by molar-refractivity contribution is 7.99. The Kier molecular flexibility index (Phi) is 7.68. The normalized spacial score (nSPS) is 10.6. The van der Waals surface area contributed by atoms with Crippen LogP contribution in [0.4, 0.5) is 0 Å². The van der Waals surface area contributed by atoms with Crippen LogP contribution in [-0.2, 0) is 4.74 Å². The molecule has 0 aliphatic rings. The predicted molar refractivity (Wildman–Crippen MR) is 71.5 cm³/mol. The molecular weight excluding hydrogens is 242 g/mol. The van der Waals surface area contributed by atoms with Gasteiger partial charge < -0.3 is 10.1 Å². The van der Waals surface area contributed by atoms with Crippen LogP contribution in [0.3, 0.4) is 0 Å². The Morgan fingerprint density at radius 3 is 2.69 bits per heavy atom. The molecule has 0 unspecified atom stereocenters. The van der Waals surface area contributed by atoms with Gasteiger partial charge in [-0.15, -0.1) is 11.8 Å². The lowest BCUT2D eigenvalue weighted by Gasteiger charge is -2.04. The van der Waals surface area contributed by atoms with Crippen molar-refractivity contribution in [2.45, 2.75) is 11.8 Å². The van der Waals surface area contributed by atoms with Crippen LogP contribution in [0.1, 0.15) is 6.92 Å². The van der Waals surface area contributed by atoms with Crippen molar-refractivity contribution in [1.82, 2.24) is 5.32 Å². The summed E-state index contributed by atoms with van der Waals surface area (Å²) in [4.78, 5) is 1.26. The van der Waals surface area contributed by atoms with Gasteiger partial charge in [-0.05, 0) is 31.2 Å². The number of rotatable bonds is 8. The molecule has 0 aliphatic heterocycles. The monoisotopic (exact) mass is 259 g/mol. The molecule has 1 rings (SSSR count). The second kappa shape index (κ2) is 8.88. The maximum absolute atomic E-state index is 5.81. The minimum Gasteiger partial charge on any atom is -0.380 e. The molecule has 4 heteroatoms. The summed E-state index contributed by atoms with van der Waals surface area (Å²) in [6.07, 6.45) is 0. The number of halogens is 1. The first-order chi connectivity index (χ1) is 7.83. The van der Waals surface area contributed by atoms with Crippen LogP contribution >= 0.6 is 23.4 Å². The zero-order valence-electron chi connectivity index (χ0n) is 9.54.